The Hall–Kier alpha value is -1.69. The van der Waals surface area contributed by atoms with E-state index in [0.717, 1.165) is 13.1 Å². The summed E-state index contributed by atoms with van der Waals surface area (Å²) >= 11 is 0. The predicted molar refractivity (Wildman–Crippen MR) is 67.3 cm³/mol. The fourth-order valence-electron chi connectivity index (χ4n) is 2.90. The second kappa shape index (κ2) is 4.77. The van der Waals surface area contributed by atoms with Crippen LogP contribution in [0.1, 0.15) is 12.6 Å². The lowest BCUT2D eigenvalue weighted by atomic mass is 10.2. The summed E-state index contributed by atoms with van der Waals surface area (Å²) < 4.78 is 5.06. The molecule has 1 aromatic heterocycles. The molecule has 102 valence electrons. The second-order valence-electron chi connectivity index (χ2n) is 5.02. The van der Waals surface area contributed by atoms with Gasteiger partial charge in [-0.3, -0.25) is 4.79 Å². The molecule has 0 aromatic carbocycles. The van der Waals surface area contributed by atoms with Crippen LogP contribution in [0.25, 0.3) is 0 Å². The maximum atomic E-state index is 11.7. The van der Waals surface area contributed by atoms with Gasteiger partial charge in [-0.25, -0.2) is 9.97 Å². The zero-order valence-electron chi connectivity index (χ0n) is 10.8. The molecular weight excluding hydrogens is 246 g/mol. The zero-order chi connectivity index (χ0) is 13.4. The van der Waals surface area contributed by atoms with Gasteiger partial charge in [0.15, 0.2) is 0 Å². The van der Waals surface area contributed by atoms with E-state index in [1.807, 2.05) is 6.92 Å². The van der Waals surface area contributed by atoms with Crippen molar-refractivity contribution < 1.29 is 14.6 Å². The number of carbonyl (C=O) groups excluding carboxylic acids is 1. The standard InChI is InChI=1S/C13H17N3O3/c1-2-19-12(18)11-9-5-16(6-10(9)11)13-14-4-3-8(7-17)15-13/h3-4,9-11,17H,2,5-7H2,1H3/t9-,10+,11?. The molecule has 3 atom stereocenters. The number of ether oxygens (including phenoxy) is 1. The number of rotatable bonds is 4. The summed E-state index contributed by atoms with van der Waals surface area (Å²) in [7, 11) is 0. The smallest absolute Gasteiger partial charge is 0.309 e. The monoisotopic (exact) mass is 263 g/mol. The number of fused-ring (bicyclic) bond motifs is 1. The fraction of sp³-hybridized carbons (Fsp3) is 0.615. The van der Waals surface area contributed by atoms with Crippen molar-refractivity contribution >= 4 is 11.9 Å². The van der Waals surface area contributed by atoms with Gasteiger partial charge in [0, 0.05) is 19.3 Å². The summed E-state index contributed by atoms with van der Waals surface area (Å²) in [4.78, 5) is 22.2. The van der Waals surface area contributed by atoms with Crippen molar-refractivity contribution in [3.8, 4) is 0 Å². The van der Waals surface area contributed by atoms with Crippen LogP contribution in [0.5, 0.6) is 0 Å². The molecule has 1 saturated carbocycles. The van der Waals surface area contributed by atoms with Crippen LogP contribution in [0, 0.1) is 17.8 Å². The van der Waals surface area contributed by atoms with Gasteiger partial charge in [0.05, 0.1) is 24.8 Å². The molecule has 19 heavy (non-hydrogen) atoms. The average Bonchev–Trinajstić information content (AvgIpc) is 2.94. The highest BCUT2D eigenvalue weighted by Crippen LogP contribution is 2.52. The van der Waals surface area contributed by atoms with E-state index < -0.39 is 0 Å². The fourth-order valence-corrected chi connectivity index (χ4v) is 2.90. The van der Waals surface area contributed by atoms with Gasteiger partial charge < -0.3 is 14.7 Å². The summed E-state index contributed by atoms with van der Waals surface area (Å²) in [5.74, 6) is 1.39. The van der Waals surface area contributed by atoms with E-state index in [0.29, 0.717) is 30.1 Å². The number of aromatic nitrogens is 2. The Labute approximate surface area is 111 Å². The summed E-state index contributed by atoms with van der Waals surface area (Å²) in [5, 5.41) is 9.07. The number of hydrogen-bond donors (Lipinski definition) is 1. The lowest BCUT2D eigenvalue weighted by Crippen LogP contribution is -2.28. The SMILES string of the molecule is CCOC(=O)C1[C@H]2CN(c3nccc(CO)n3)C[C@@H]12. The molecule has 1 aliphatic carbocycles. The highest BCUT2D eigenvalue weighted by molar-refractivity contribution is 5.77. The molecule has 1 aliphatic heterocycles. The third kappa shape index (κ3) is 2.16. The summed E-state index contributed by atoms with van der Waals surface area (Å²) in [6.45, 7) is 3.78. The van der Waals surface area contributed by atoms with Crippen LogP contribution in [-0.2, 0) is 16.1 Å². The van der Waals surface area contributed by atoms with E-state index in [4.69, 9.17) is 9.84 Å². The first kappa shape index (κ1) is 12.3. The Bertz CT molecular complexity index is 482. The summed E-state index contributed by atoms with van der Waals surface area (Å²) in [6, 6.07) is 1.70. The first-order valence-corrected chi connectivity index (χ1v) is 6.59. The molecule has 0 radical (unpaired) electrons. The Morgan fingerprint density at radius 1 is 1.53 bits per heavy atom. The first-order chi connectivity index (χ1) is 9.24. The molecule has 6 heteroatoms. The van der Waals surface area contributed by atoms with Crippen molar-refractivity contribution in [3.05, 3.63) is 18.0 Å². The maximum absolute atomic E-state index is 11.7. The van der Waals surface area contributed by atoms with Crippen LogP contribution >= 0.6 is 0 Å². The van der Waals surface area contributed by atoms with E-state index in [1.165, 1.54) is 0 Å². The van der Waals surface area contributed by atoms with E-state index in [-0.39, 0.29) is 18.5 Å². The minimum Gasteiger partial charge on any atom is -0.466 e. The molecule has 1 N–H and O–H groups in total. The van der Waals surface area contributed by atoms with E-state index >= 15 is 0 Å². The van der Waals surface area contributed by atoms with Crippen LogP contribution in [0.2, 0.25) is 0 Å². The number of aliphatic hydroxyl groups excluding tert-OH is 1. The highest BCUT2D eigenvalue weighted by atomic mass is 16.5. The van der Waals surface area contributed by atoms with Gasteiger partial charge in [0.2, 0.25) is 5.95 Å². The van der Waals surface area contributed by atoms with E-state index in [2.05, 4.69) is 14.9 Å². The van der Waals surface area contributed by atoms with Gasteiger partial charge in [-0.1, -0.05) is 0 Å². The minimum atomic E-state index is -0.0817. The quantitative estimate of drug-likeness (QED) is 0.783. The van der Waals surface area contributed by atoms with Gasteiger partial charge in [-0.15, -0.1) is 0 Å². The molecule has 6 nitrogen and oxygen atoms in total. The number of carbonyl (C=O) groups is 1. The van der Waals surface area contributed by atoms with Crippen LogP contribution in [0.15, 0.2) is 12.3 Å². The van der Waals surface area contributed by atoms with Crippen LogP contribution in [-0.4, -0.2) is 40.7 Å². The Morgan fingerprint density at radius 2 is 2.26 bits per heavy atom. The lowest BCUT2D eigenvalue weighted by Gasteiger charge is -2.19. The molecule has 0 amide bonds. The third-order valence-corrected chi connectivity index (χ3v) is 3.90. The van der Waals surface area contributed by atoms with Crippen molar-refractivity contribution in [2.45, 2.75) is 13.5 Å². The van der Waals surface area contributed by atoms with Crippen LogP contribution in [0.3, 0.4) is 0 Å². The van der Waals surface area contributed by atoms with E-state index in [1.54, 1.807) is 12.3 Å². The maximum Gasteiger partial charge on any atom is 0.309 e. The Morgan fingerprint density at radius 3 is 2.89 bits per heavy atom. The number of anilines is 1. The summed E-state index contributed by atoms with van der Waals surface area (Å²) in [5.41, 5.74) is 0.618. The van der Waals surface area contributed by atoms with Crippen molar-refractivity contribution in [1.82, 2.24) is 9.97 Å². The largest absolute Gasteiger partial charge is 0.466 e. The average molecular weight is 263 g/mol. The molecule has 3 rings (SSSR count). The van der Waals surface area contributed by atoms with Crippen LogP contribution < -0.4 is 4.90 Å². The Kier molecular flexibility index (Phi) is 3.10. The second-order valence-corrected chi connectivity index (χ2v) is 5.02. The normalized spacial score (nSPS) is 28.1. The van der Waals surface area contributed by atoms with Gasteiger partial charge >= 0.3 is 5.97 Å². The summed E-state index contributed by atoms with van der Waals surface area (Å²) in [6.07, 6.45) is 1.65. The molecule has 1 aromatic rings. The van der Waals surface area contributed by atoms with E-state index in [9.17, 15) is 4.79 Å². The number of hydrogen-bond acceptors (Lipinski definition) is 6. The van der Waals surface area contributed by atoms with Crippen LogP contribution in [0.4, 0.5) is 5.95 Å². The number of piperidine rings is 1. The molecule has 2 fully saturated rings. The van der Waals surface area contributed by atoms with Crippen molar-refractivity contribution in [2.24, 2.45) is 17.8 Å². The predicted octanol–water partition coefficient (Wildman–Crippen LogP) is 0.214. The molecule has 1 saturated heterocycles. The zero-order valence-corrected chi connectivity index (χ0v) is 10.8. The van der Waals surface area contributed by atoms with Gasteiger partial charge in [-0.05, 0) is 24.8 Å². The third-order valence-electron chi connectivity index (χ3n) is 3.90. The highest BCUT2D eigenvalue weighted by Gasteiger charge is 2.60. The molecule has 2 heterocycles. The van der Waals surface area contributed by atoms with Crippen molar-refractivity contribution in [2.75, 3.05) is 24.6 Å². The Balaban J connectivity index is 1.62. The van der Waals surface area contributed by atoms with Gasteiger partial charge in [0.1, 0.15) is 0 Å². The molecule has 2 aliphatic rings. The van der Waals surface area contributed by atoms with Crippen molar-refractivity contribution in [1.29, 1.82) is 0 Å². The topological polar surface area (TPSA) is 75.5 Å². The number of nitrogens with zero attached hydrogens (tertiary/aromatic N) is 3. The first-order valence-electron chi connectivity index (χ1n) is 6.59. The molecule has 0 bridgehead atoms. The van der Waals surface area contributed by atoms with Crippen molar-refractivity contribution in [3.63, 3.8) is 0 Å². The number of aliphatic hydroxyl groups is 1. The lowest BCUT2D eigenvalue weighted by molar-refractivity contribution is -0.145. The van der Waals surface area contributed by atoms with Gasteiger partial charge in [0.25, 0.3) is 0 Å². The molecule has 1 unspecified atom stereocenters. The van der Waals surface area contributed by atoms with Gasteiger partial charge in [-0.2, -0.15) is 0 Å². The number of esters is 1. The minimum absolute atomic E-state index is 0.0669. The molecule has 0 spiro atoms. The molecular formula is C13H17N3O3.